The molecule has 4 nitrogen and oxygen atoms in total. The summed E-state index contributed by atoms with van der Waals surface area (Å²) >= 11 is 0. The second-order valence-corrected chi connectivity index (χ2v) is 11.0. The van der Waals surface area contributed by atoms with E-state index in [1.54, 1.807) is 30.3 Å². The number of phenols is 3. The highest BCUT2D eigenvalue weighted by molar-refractivity contribution is 6.23. The van der Waals surface area contributed by atoms with Crippen molar-refractivity contribution in [1.29, 1.82) is 0 Å². The summed E-state index contributed by atoms with van der Waals surface area (Å²) in [5.74, 6) is 1.70. The first-order valence-electron chi connectivity index (χ1n) is 13.6. The lowest BCUT2D eigenvalue weighted by Gasteiger charge is -2.25. The predicted octanol–water partition coefficient (Wildman–Crippen LogP) is 9.29. The van der Waals surface area contributed by atoms with Crippen LogP contribution < -0.4 is 4.74 Å². The van der Waals surface area contributed by atoms with E-state index in [0.29, 0.717) is 0 Å². The monoisotopic (exact) mass is 530 g/mol. The Kier molecular flexibility index (Phi) is 4.25. The highest BCUT2D eigenvalue weighted by atomic mass is 16.6. The Labute approximate surface area is 234 Å². The van der Waals surface area contributed by atoms with Gasteiger partial charge in [0, 0.05) is 17.0 Å². The molecule has 1 heterocycles. The van der Waals surface area contributed by atoms with Crippen LogP contribution in [-0.4, -0.2) is 15.3 Å². The van der Waals surface area contributed by atoms with E-state index in [-0.39, 0.29) is 17.2 Å². The van der Waals surface area contributed by atoms with Crippen molar-refractivity contribution < 1.29 is 20.1 Å². The van der Waals surface area contributed by atoms with Gasteiger partial charge in [-0.05, 0) is 95.8 Å². The van der Waals surface area contributed by atoms with Crippen LogP contribution in [0.25, 0.3) is 53.9 Å². The van der Waals surface area contributed by atoms with Crippen LogP contribution in [0.1, 0.15) is 22.6 Å². The van der Waals surface area contributed by atoms with Crippen LogP contribution in [0.3, 0.4) is 0 Å². The summed E-state index contributed by atoms with van der Waals surface area (Å²) in [7, 11) is 0. The second kappa shape index (κ2) is 7.80. The minimum atomic E-state index is -0.405. The van der Waals surface area contributed by atoms with Crippen LogP contribution in [0.15, 0.2) is 109 Å². The number of phenolic OH excluding ortho intramolecular Hbond substituents is 3. The fraction of sp³-hybridized carbons (Fsp3) is 0.0270. The Hall–Kier alpha value is -5.48. The van der Waals surface area contributed by atoms with E-state index in [9.17, 15) is 15.3 Å². The van der Waals surface area contributed by atoms with E-state index in [0.717, 1.165) is 60.5 Å². The Bertz CT molecular complexity index is 2340. The molecule has 9 rings (SSSR count). The molecule has 3 N–H and O–H groups in total. The van der Waals surface area contributed by atoms with Crippen LogP contribution in [0.5, 0.6) is 28.7 Å². The van der Waals surface area contributed by atoms with Gasteiger partial charge in [-0.1, -0.05) is 72.8 Å². The normalized spacial score (nSPS) is 13.3. The van der Waals surface area contributed by atoms with Crippen LogP contribution in [0.4, 0.5) is 0 Å². The van der Waals surface area contributed by atoms with Crippen molar-refractivity contribution in [2.75, 3.05) is 0 Å². The summed E-state index contributed by atoms with van der Waals surface area (Å²) in [5, 5.41) is 42.8. The molecule has 0 fully saturated rings. The minimum absolute atomic E-state index is 0.170. The van der Waals surface area contributed by atoms with E-state index in [1.807, 2.05) is 24.3 Å². The molecule has 0 saturated heterocycles. The van der Waals surface area contributed by atoms with Crippen LogP contribution in [-0.2, 0) is 0 Å². The van der Waals surface area contributed by atoms with E-state index in [4.69, 9.17) is 4.74 Å². The highest BCUT2D eigenvalue weighted by Gasteiger charge is 2.36. The molecule has 41 heavy (non-hydrogen) atoms. The van der Waals surface area contributed by atoms with Gasteiger partial charge >= 0.3 is 0 Å². The average Bonchev–Trinajstić information content (AvgIpc) is 3.76. The third-order valence-corrected chi connectivity index (χ3v) is 8.72. The molecule has 4 heteroatoms. The van der Waals surface area contributed by atoms with Crippen molar-refractivity contribution in [3.8, 4) is 28.7 Å². The fourth-order valence-corrected chi connectivity index (χ4v) is 6.93. The first-order valence-corrected chi connectivity index (χ1v) is 13.6. The number of rotatable bonds is 3. The Balaban J connectivity index is 1.47. The quantitative estimate of drug-likeness (QED) is 0.121. The molecule has 1 aliphatic rings. The lowest BCUT2D eigenvalue weighted by Crippen LogP contribution is -2.06. The molecule has 0 aromatic heterocycles. The summed E-state index contributed by atoms with van der Waals surface area (Å²) in [6.07, 6.45) is 0. The number of hydrogen-bond donors (Lipinski definition) is 3. The zero-order chi connectivity index (χ0) is 27.4. The maximum Gasteiger partial charge on any atom is 0.174 e. The summed E-state index contributed by atoms with van der Waals surface area (Å²) in [5.41, 5.74) is 2.74. The molecule has 0 aliphatic carbocycles. The lowest BCUT2D eigenvalue weighted by atomic mass is 9.77. The van der Waals surface area contributed by atoms with E-state index < -0.39 is 5.92 Å². The number of aromatic hydroxyl groups is 3. The summed E-state index contributed by atoms with van der Waals surface area (Å²) < 4.78 is 6.07. The third-order valence-electron chi connectivity index (χ3n) is 8.72. The van der Waals surface area contributed by atoms with Crippen molar-refractivity contribution in [3.05, 3.63) is 126 Å². The standard InChI is InChI=1S/C37H22O4/c38-24-9-13-26-22(16-24)8-15-30(40)34(26)35(36-27-14-10-25(39)17-23(27)18-31-37(36)41-31)29-12-7-21-5-4-19-2-1-3-20-6-11-28(29)33(21)32(19)20/h1-18,35,38-40H. The lowest BCUT2D eigenvalue weighted by molar-refractivity contribution is 0.468. The van der Waals surface area contributed by atoms with E-state index in [1.165, 1.54) is 21.5 Å². The molecular weight excluding hydrogens is 508 g/mol. The smallest absolute Gasteiger partial charge is 0.174 e. The number of benzene rings is 8. The molecule has 8 aromatic carbocycles. The Morgan fingerprint density at radius 1 is 0.488 bits per heavy atom. The van der Waals surface area contributed by atoms with Crippen LogP contribution in [0.2, 0.25) is 0 Å². The summed E-state index contributed by atoms with van der Waals surface area (Å²) in [6.45, 7) is 0. The van der Waals surface area contributed by atoms with Crippen molar-refractivity contribution in [3.63, 3.8) is 0 Å². The highest BCUT2D eigenvalue weighted by Crippen LogP contribution is 2.58. The molecule has 0 radical (unpaired) electrons. The number of ether oxygens (including phenoxy) is 1. The SMILES string of the molecule is Oc1ccc2c(C(c3c4c(cc5cc(O)ccc35)O4)c3ccc4ccc5cccc6ccc3c4c56)c(O)ccc2c1. The second-order valence-electron chi connectivity index (χ2n) is 11.0. The Morgan fingerprint density at radius 2 is 1.10 bits per heavy atom. The molecule has 0 spiro atoms. The molecule has 8 aromatic rings. The Morgan fingerprint density at radius 3 is 1.88 bits per heavy atom. The largest absolute Gasteiger partial charge is 0.508 e. The molecule has 1 atom stereocenters. The van der Waals surface area contributed by atoms with Crippen LogP contribution >= 0.6 is 0 Å². The summed E-state index contributed by atoms with van der Waals surface area (Å²) in [6, 6.07) is 35.6. The predicted molar refractivity (Wildman–Crippen MR) is 164 cm³/mol. The van der Waals surface area contributed by atoms with Crippen molar-refractivity contribution >= 4 is 53.9 Å². The number of fused-ring (bicyclic) bond motifs is 3. The third kappa shape index (κ3) is 3.10. The van der Waals surface area contributed by atoms with Gasteiger partial charge in [-0.25, -0.2) is 0 Å². The fourth-order valence-electron chi connectivity index (χ4n) is 6.93. The van der Waals surface area contributed by atoms with Gasteiger partial charge in [0.05, 0.1) is 0 Å². The maximum atomic E-state index is 11.6. The topological polar surface area (TPSA) is 73.2 Å². The van der Waals surface area contributed by atoms with Crippen molar-refractivity contribution in [2.45, 2.75) is 5.92 Å². The molecule has 0 amide bonds. The maximum absolute atomic E-state index is 11.6. The minimum Gasteiger partial charge on any atom is -0.508 e. The molecule has 1 unspecified atom stereocenters. The molecular formula is C37H22O4. The van der Waals surface area contributed by atoms with Gasteiger partial charge in [-0.3, -0.25) is 0 Å². The van der Waals surface area contributed by atoms with Crippen molar-refractivity contribution in [1.82, 2.24) is 0 Å². The van der Waals surface area contributed by atoms with E-state index >= 15 is 0 Å². The van der Waals surface area contributed by atoms with Gasteiger partial charge < -0.3 is 20.1 Å². The van der Waals surface area contributed by atoms with Gasteiger partial charge in [-0.2, -0.15) is 0 Å². The van der Waals surface area contributed by atoms with E-state index in [2.05, 4.69) is 54.6 Å². The van der Waals surface area contributed by atoms with Gasteiger partial charge in [0.1, 0.15) is 17.2 Å². The zero-order valence-corrected chi connectivity index (χ0v) is 21.7. The van der Waals surface area contributed by atoms with Gasteiger partial charge in [0.2, 0.25) is 0 Å². The summed E-state index contributed by atoms with van der Waals surface area (Å²) in [4.78, 5) is 0. The average molecular weight is 531 g/mol. The zero-order valence-electron chi connectivity index (χ0n) is 21.7. The molecule has 1 aliphatic heterocycles. The number of hydrogen-bond acceptors (Lipinski definition) is 4. The van der Waals surface area contributed by atoms with Gasteiger partial charge in [-0.15, -0.1) is 0 Å². The van der Waals surface area contributed by atoms with Gasteiger partial charge in [0.25, 0.3) is 0 Å². The molecule has 0 bridgehead atoms. The van der Waals surface area contributed by atoms with Gasteiger partial charge in [0.15, 0.2) is 11.5 Å². The van der Waals surface area contributed by atoms with Crippen molar-refractivity contribution in [2.24, 2.45) is 0 Å². The first kappa shape index (κ1) is 22.3. The molecule has 194 valence electrons. The first-order chi connectivity index (χ1) is 20.0. The molecule has 0 saturated carbocycles. The van der Waals surface area contributed by atoms with Crippen LogP contribution in [0, 0.1) is 0 Å².